The number of hydrogen-bond donors (Lipinski definition) is 3. The second-order valence-electron chi connectivity index (χ2n) is 16.9. The first kappa shape index (κ1) is 39.9. The average Bonchev–Trinajstić information content (AvgIpc) is 4.10. The number of carbonyl (C=O) groups is 4. The van der Waals surface area contributed by atoms with E-state index in [1.807, 2.05) is 75.4 Å². The van der Waals surface area contributed by atoms with Crippen LogP contribution in [0.15, 0.2) is 78.3 Å². The summed E-state index contributed by atoms with van der Waals surface area (Å²) in [6.45, 7) is 9.51. The molecule has 4 bridgehead atoms. The fourth-order valence-corrected chi connectivity index (χ4v) is 9.45. The highest BCUT2D eigenvalue weighted by atomic mass is 32.2. The number of sulfonamides is 1. The van der Waals surface area contributed by atoms with Crippen molar-refractivity contribution in [3.8, 4) is 11.1 Å². The predicted molar refractivity (Wildman–Crippen MR) is 216 cm³/mol. The minimum Gasteiger partial charge on any atom is -0.339 e. The summed E-state index contributed by atoms with van der Waals surface area (Å²) in [4.78, 5) is 73.9. The summed E-state index contributed by atoms with van der Waals surface area (Å²) in [7, 11) is -2.28. The van der Waals surface area contributed by atoms with Gasteiger partial charge in [0.25, 0.3) is 11.5 Å². The Morgan fingerprint density at radius 3 is 2.44 bits per heavy atom. The van der Waals surface area contributed by atoms with Crippen LogP contribution in [-0.4, -0.2) is 94.8 Å². The van der Waals surface area contributed by atoms with Gasteiger partial charge in [0.2, 0.25) is 21.8 Å². The number of aromatic nitrogens is 2. The van der Waals surface area contributed by atoms with Gasteiger partial charge in [-0.15, -0.1) is 6.58 Å². The highest BCUT2D eigenvalue weighted by molar-refractivity contribution is 7.91. The summed E-state index contributed by atoms with van der Waals surface area (Å²) < 4.78 is 29.1. The molecule has 5 amide bonds. The maximum atomic E-state index is 14.8. The molecule has 302 valence electrons. The molecule has 14 nitrogen and oxygen atoms in total. The zero-order valence-corrected chi connectivity index (χ0v) is 33.7. The molecule has 0 radical (unpaired) electrons. The van der Waals surface area contributed by atoms with E-state index in [2.05, 4.69) is 21.9 Å². The molecule has 2 saturated carbocycles. The van der Waals surface area contributed by atoms with E-state index in [1.165, 1.54) is 20.6 Å². The number of amides is 5. The van der Waals surface area contributed by atoms with Crippen molar-refractivity contribution < 1.29 is 27.6 Å². The van der Waals surface area contributed by atoms with Crippen molar-refractivity contribution in [2.45, 2.75) is 94.6 Å². The van der Waals surface area contributed by atoms with Gasteiger partial charge in [-0.25, -0.2) is 17.9 Å². The SMILES string of the molecule is C=C[C@@H]1CC1(NC(=O)[C@@H]1CC2CN1C(=O)[C@H](C(C)(C)C)NC(=O)N(C)CC/C=C/CCc1c(-c3cccc4ccccc34)cnn2c1=O)C(=O)NS(=O)(=O)C1CC1. The highest BCUT2D eigenvalue weighted by Gasteiger charge is 2.62. The highest BCUT2D eigenvalue weighted by Crippen LogP contribution is 2.46. The van der Waals surface area contributed by atoms with Crippen LogP contribution in [0.5, 0.6) is 0 Å². The summed E-state index contributed by atoms with van der Waals surface area (Å²) in [5, 5.41) is 11.7. The molecule has 57 heavy (non-hydrogen) atoms. The predicted octanol–water partition coefficient (Wildman–Crippen LogP) is 3.82. The molecule has 2 aromatic carbocycles. The van der Waals surface area contributed by atoms with Gasteiger partial charge in [0.05, 0.1) is 17.5 Å². The Labute approximate surface area is 332 Å². The monoisotopic (exact) mass is 797 g/mol. The molecule has 7 rings (SSSR count). The zero-order valence-electron chi connectivity index (χ0n) is 32.9. The number of fused-ring (bicyclic) bond motifs is 6. The molecule has 0 spiro atoms. The third-order valence-electron chi connectivity index (χ3n) is 11.7. The van der Waals surface area contributed by atoms with Gasteiger partial charge < -0.3 is 20.4 Å². The molecule has 1 aromatic heterocycles. The molecule has 3 N–H and O–H groups in total. The Kier molecular flexibility index (Phi) is 10.7. The van der Waals surface area contributed by atoms with Crippen molar-refractivity contribution in [1.82, 2.24) is 34.9 Å². The molecule has 2 aliphatic heterocycles. The van der Waals surface area contributed by atoms with Crippen molar-refractivity contribution in [3.05, 3.63) is 89.4 Å². The molecular formula is C42H51N7O7S. The van der Waals surface area contributed by atoms with E-state index in [-0.39, 0.29) is 24.9 Å². The number of urea groups is 1. The van der Waals surface area contributed by atoms with Crippen molar-refractivity contribution in [1.29, 1.82) is 0 Å². The molecule has 2 unspecified atom stereocenters. The number of carbonyl (C=O) groups excluding carboxylic acids is 4. The lowest BCUT2D eigenvalue weighted by Gasteiger charge is -2.36. The second kappa shape index (κ2) is 15.2. The third-order valence-corrected chi connectivity index (χ3v) is 13.5. The summed E-state index contributed by atoms with van der Waals surface area (Å²) in [6.07, 6.45) is 9.64. The molecule has 1 saturated heterocycles. The van der Waals surface area contributed by atoms with Crippen LogP contribution < -0.4 is 20.9 Å². The topological polar surface area (TPSA) is 180 Å². The summed E-state index contributed by atoms with van der Waals surface area (Å²) in [5.41, 5.74) is -0.629. The van der Waals surface area contributed by atoms with E-state index in [4.69, 9.17) is 5.10 Å². The van der Waals surface area contributed by atoms with Crippen LogP contribution in [0.3, 0.4) is 0 Å². The number of nitrogens with zero attached hydrogens (tertiary/aromatic N) is 4. The van der Waals surface area contributed by atoms with E-state index >= 15 is 0 Å². The Balaban J connectivity index is 1.30. The van der Waals surface area contributed by atoms with Crippen LogP contribution in [0.2, 0.25) is 0 Å². The number of allylic oxidation sites excluding steroid dienone is 1. The standard InChI is InChI=1S/C42H51N7O7S/c1-6-27-23-42(27,39(53)46-57(55,56)29-19-20-29)45-36(50)34-22-28-25-48(34)38(52)35(41(2,3)4)44-40(54)47(5)21-12-8-7-9-17-32-33(24-43-49(28)37(32)51)31-18-13-15-26-14-10-11-16-30(26)31/h6-8,10-11,13-16,18,24,27-29,34-35H,1,9,12,17,19-23,25H2,2-5H3,(H,44,54)(H,45,50)(H,46,53)/b8-7+/t27-,28?,34+,35-,42?/m1/s1. The molecule has 5 atom stereocenters. The largest absolute Gasteiger partial charge is 0.339 e. The van der Waals surface area contributed by atoms with Gasteiger partial charge in [0.15, 0.2) is 0 Å². The van der Waals surface area contributed by atoms with Gasteiger partial charge in [-0.1, -0.05) is 81.5 Å². The lowest BCUT2D eigenvalue weighted by molar-refractivity contribution is -0.142. The van der Waals surface area contributed by atoms with Crippen molar-refractivity contribution in [2.24, 2.45) is 11.3 Å². The minimum absolute atomic E-state index is 0.0288. The molecule has 3 heterocycles. The van der Waals surface area contributed by atoms with Crippen LogP contribution in [0.4, 0.5) is 4.79 Å². The van der Waals surface area contributed by atoms with Crippen LogP contribution >= 0.6 is 0 Å². The Bertz CT molecular complexity index is 2320. The van der Waals surface area contributed by atoms with Gasteiger partial charge >= 0.3 is 6.03 Å². The molecule has 3 aromatic rings. The van der Waals surface area contributed by atoms with Gasteiger partial charge in [-0.05, 0) is 60.3 Å². The molecule has 4 aliphatic rings. The molecular weight excluding hydrogens is 747 g/mol. The first-order valence-corrected chi connectivity index (χ1v) is 21.2. The van der Waals surface area contributed by atoms with Gasteiger partial charge in [-0.3, -0.25) is 23.9 Å². The molecule has 15 heteroatoms. The van der Waals surface area contributed by atoms with Gasteiger partial charge in [0.1, 0.15) is 17.6 Å². The summed E-state index contributed by atoms with van der Waals surface area (Å²) in [5.74, 6) is -2.63. The Hall–Kier alpha value is -5.31. The maximum Gasteiger partial charge on any atom is 0.317 e. The Morgan fingerprint density at radius 1 is 1.02 bits per heavy atom. The van der Waals surface area contributed by atoms with E-state index in [1.54, 1.807) is 13.2 Å². The first-order chi connectivity index (χ1) is 27.1. The normalized spacial score (nSPS) is 26.3. The number of nitrogens with one attached hydrogen (secondary N) is 3. The van der Waals surface area contributed by atoms with Crippen molar-refractivity contribution in [3.63, 3.8) is 0 Å². The number of hydrogen-bond acceptors (Lipinski definition) is 8. The lowest BCUT2D eigenvalue weighted by Crippen LogP contribution is -2.61. The van der Waals surface area contributed by atoms with E-state index in [9.17, 15) is 32.4 Å². The van der Waals surface area contributed by atoms with E-state index < -0.39 is 74.0 Å². The third kappa shape index (κ3) is 7.85. The second-order valence-corrected chi connectivity index (χ2v) is 18.8. The smallest absolute Gasteiger partial charge is 0.317 e. The number of rotatable bonds is 7. The van der Waals surface area contributed by atoms with Gasteiger partial charge in [0, 0.05) is 43.6 Å². The quantitative estimate of drug-likeness (QED) is 0.302. The molecule has 2 aliphatic carbocycles. The minimum atomic E-state index is -3.93. The Morgan fingerprint density at radius 2 is 1.74 bits per heavy atom. The van der Waals surface area contributed by atoms with Crippen LogP contribution in [0.25, 0.3) is 21.9 Å². The summed E-state index contributed by atoms with van der Waals surface area (Å²) >= 11 is 0. The first-order valence-electron chi connectivity index (χ1n) is 19.6. The van der Waals surface area contributed by atoms with Gasteiger partial charge in [-0.2, -0.15) is 5.10 Å². The fraction of sp³-hybridized carbons (Fsp3) is 0.476. The van der Waals surface area contributed by atoms with Crippen LogP contribution in [0, 0.1) is 11.3 Å². The number of benzene rings is 2. The van der Waals surface area contributed by atoms with Crippen LogP contribution in [0.1, 0.15) is 70.9 Å². The van der Waals surface area contributed by atoms with E-state index in [0.717, 1.165) is 16.3 Å². The van der Waals surface area contributed by atoms with E-state index in [0.29, 0.717) is 49.8 Å². The van der Waals surface area contributed by atoms with Crippen molar-refractivity contribution >= 4 is 44.5 Å². The van der Waals surface area contributed by atoms with Crippen molar-refractivity contribution in [2.75, 3.05) is 20.1 Å². The maximum absolute atomic E-state index is 14.8. The van der Waals surface area contributed by atoms with Crippen LogP contribution in [-0.2, 0) is 30.8 Å². The molecule has 3 fully saturated rings. The average molecular weight is 798 g/mol. The fourth-order valence-electron chi connectivity index (χ4n) is 8.08. The summed E-state index contributed by atoms with van der Waals surface area (Å²) in [6, 6.07) is 10.4. The lowest BCUT2D eigenvalue weighted by atomic mass is 9.85. The zero-order chi connectivity index (χ0) is 40.9.